The third-order valence-electron chi connectivity index (χ3n) is 6.66. The highest BCUT2D eigenvalue weighted by atomic mass is 19.4. The van der Waals surface area contributed by atoms with Crippen LogP contribution in [0.15, 0.2) is 41.4 Å². The van der Waals surface area contributed by atoms with E-state index in [0.717, 1.165) is 42.9 Å². The monoisotopic (exact) mass is 503 g/mol. The number of carbonyl (C=O) groups is 1. The summed E-state index contributed by atoms with van der Waals surface area (Å²) < 4.78 is 41.1. The van der Waals surface area contributed by atoms with Crippen LogP contribution in [-0.4, -0.2) is 72.6 Å². The van der Waals surface area contributed by atoms with Gasteiger partial charge in [-0.1, -0.05) is 18.2 Å². The molecule has 3 aliphatic heterocycles. The number of hydrogen-bond donors (Lipinski definition) is 1. The van der Waals surface area contributed by atoms with Crippen LogP contribution in [0.3, 0.4) is 0 Å². The molecule has 0 radical (unpaired) electrons. The number of nitrogens with one attached hydrogen (secondary N) is 1. The number of likely N-dealkylation sites (N-methyl/N-ethyl adjacent to an activating group) is 1. The van der Waals surface area contributed by atoms with Gasteiger partial charge in [-0.3, -0.25) is 9.69 Å². The number of amides is 1. The number of halogens is 3. The van der Waals surface area contributed by atoms with E-state index in [1.54, 1.807) is 4.90 Å². The second kappa shape index (κ2) is 9.72. The van der Waals surface area contributed by atoms with Crippen LogP contribution in [0.2, 0.25) is 0 Å². The number of hydrogen-bond acceptors (Lipinski definition) is 7. The molecule has 0 spiro atoms. The van der Waals surface area contributed by atoms with Crippen molar-refractivity contribution in [2.24, 2.45) is 4.99 Å². The highest BCUT2D eigenvalue weighted by molar-refractivity contribution is 5.99. The maximum absolute atomic E-state index is 13.1. The van der Waals surface area contributed by atoms with Gasteiger partial charge in [-0.2, -0.15) is 0 Å². The maximum atomic E-state index is 13.1. The second-order valence-electron chi connectivity index (χ2n) is 9.45. The summed E-state index contributed by atoms with van der Waals surface area (Å²) in [5, 5.41) is 0. The number of fused-ring (bicyclic) bond motifs is 1. The number of rotatable bonds is 6. The van der Waals surface area contributed by atoms with Crippen LogP contribution in [0.4, 0.5) is 13.2 Å². The highest BCUT2D eigenvalue weighted by Gasteiger charge is 2.33. The van der Waals surface area contributed by atoms with Crippen molar-refractivity contribution in [1.82, 2.24) is 20.2 Å². The van der Waals surface area contributed by atoms with Crippen LogP contribution in [0, 0.1) is 6.92 Å². The highest BCUT2D eigenvalue weighted by Crippen LogP contribution is 2.32. The Morgan fingerprint density at radius 3 is 2.53 bits per heavy atom. The molecule has 1 fully saturated rings. The summed E-state index contributed by atoms with van der Waals surface area (Å²) in [6.45, 7) is 7.23. The van der Waals surface area contributed by atoms with E-state index < -0.39 is 6.36 Å². The summed E-state index contributed by atoms with van der Waals surface area (Å²) in [6.07, 6.45) is -5.08. The van der Waals surface area contributed by atoms with Crippen LogP contribution in [0.5, 0.6) is 5.75 Å². The molecule has 2 aromatic carbocycles. The molecule has 1 atom stereocenters. The molecule has 3 aliphatic rings. The number of aliphatic imine (C=N–C) groups is 1. The van der Waals surface area contributed by atoms with Crippen LogP contribution in [0.25, 0.3) is 0 Å². The molecule has 2 aromatic rings. The topological polar surface area (TPSA) is 69.6 Å². The van der Waals surface area contributed by atoms with E-state index in [1.807, 2.05) is 19.1 Å². The fourth-order valence-electron chi connectivity index (χ4n) is 4.79. The molecule has 5 rings (SSSR count). The molecule has 11 heteroatoms. The molecule has 0 saturated carbocycles. The molecule has 1 amide bonds. The lowest BCUT2D eigenvalue weighted by Crippen LogP contribution is -2.46. The number of ether oxygens (including phenoxy) is 1. The molecule has 0 aliphatic carbocycles. The second-order valence-corrected chi connectivity index (χ2v) is 9.45. The first-order valence-electron chi connectivity index (χ1n) is 11.8. The van der Waals surface area contributed by atoms with Gasteiger partial charge in [0.1, 0.15) is 5.75 Å². The van der Waals surface area contributed by atoms with Crippen LogP contribution in [0.1, 0.15) is 38.8 Å². The average Bonchev–Trinajstić information content (AvgIpc) is 3.40. The zero-order valence-corrected chi connectivity index (χ0v) is 20.1. The SMILES string of the molecule is Cc1cc(C2N=C(CN3CCN(C)CC3)ON2)cc2c1C(=O)N(Cc1ccc(OC(F)(F)F)cc1)C2. The van der Waals surface area contributed by atoms with Gasteiger partial charge < -0.3 is 19.4 Å². The van der Waals surface area contributed by atoms with E-state index in [1.165, 1.54) is 24.3 Å². The molecule has 192 valence electrons. The minimum atomic E-state index is -4.74. The summed E-state index contributed by atoms with van der Waals surface area (Å²) in [5.74, 6) is 0.263. The molecule has 36 heavy (non-hydrogen) atoms. The van der Waals surface area contributed by atoms with Gasteiger partial charge in [-0.15, -0.1) is 18.7 Å². The lowest BCUT2D eigenvalue weighted by Gasteiger charge is -2.31. The van der Waals surface area contributed by atoms with Crippen molar-refractivity contribution in [1.29, 1.82) is 0 Å². The zero-order chi connectivity index (χ0) is 25.4. The van der Waals surface area contributed by atoms with E-state index >= 15 is 0 Å². The number of hydroxylamine groups is 1. The Labute approximate surface area is 207 Å². The van der Waals surface area contributed by atoms with E-state index in [4.69, 9.17) is 9.83 Å². The molecule has 1 saturated heterocycles. The summed E-state index contributed by atoms with van der Waals surface area (Å²) >= 11 is 0. The van der Waals surface area contributed by atoms with Crippen LogP contribution in [-0.2, 0) is 17.9 Å². The van der Waals surface area contributed by atoms with Crippen LogP contribution >= 0.6 is 0 Å². The van der Waals surface area contributed by atoms with Gasteiger partial charge in [-0.05, 0) is 54.4 Å². The van der Waals surface area contributed by atoms with E-state index in [0.29, 0.717) is 30.1 Å². The van der Waals surface area contributed by atoms with Crippen molar-refractivity contribution in [3.05, 3.63) is 64.2 Å². The third-order valence-corrected chi connectivity index (χ3v) is 6.66. The van der Waals surface area contributed by atoms with Crippen molar-refractivity contribution in [3.63, 3.8) is 0 Å². The Morgan fingerprint density at radius 1 is 1.11 bits per heavy atom. The number of nitrogens with zero attached hydrogens (tertiary/aromatic N) is 4. The normalized spacial score (nSPS) is 20.9. The van der Waals surface area contributed by atoms with Crippen molar-refractivity contribution in [3.8, 4) is 5.75 Å². The summed E-state index contributed by atoms with van der Waals surface area (Å²) in [6, 6.07) is 9.50. The predicted molar refractivity (Wildman–Crippen MR) is 126 cm³/mol. The van der Waals surface area contributed by atoms with Gasteiger partial charge in [0.05, 0.1) is 6.54 Å². The summed E-state index contributed by atoms with van der Waals surface area (Å²) in [4.78, 5) is 29.7. The lowest BCUT2D eigenvalue weighted by atomic mass is 9.99. The quantitative estimate of drug-likeness (QED) is 0.653. The Bertz CT molecular complexity index is 1160. The lowest BCUT2D eigenvalue weighted by molar-refractivity contribution is -0.274. The standard InChI is InChI=1S/C25H28F3N5O3/c1-16-11-18(23-29-21(36-30-23)15-32-9-7-31(2)8-10-32)12-19-14-33(24(34)22(16)19)13-17-3-5-20(6-4-17)35-25(26,27)28/h3-6,11-12,23,30H,7-10,13-15H2,1-2H3. The summed E-state index contributed by atoms with van der Waals surface area (Å²) in [5.41, 5.74) is 7.04. The molecule has 1 unspecified atom stereocenters. The van der Waals surface area contributed by atoms with Crippen molar-refractivity contribution in [2.45, 2.75) is 32.5 Å². The molecule has 0 aromatic heterocycles. The average molecular weight is 504 g/mol. The minimum absolute atomic E-state index is 0.0976. The first-order chi connectivity index (χ1) is 17.1. The smallest absolute Gasteiger partial charge is 0.406 e. The van der Waals surface area contributed by atoms with E-state index in [2.05, 4.69) is 27.1 Å². The number of benzene rings is 2. The Hall–Kier alpha value is -3.15. The van der Waals surface area contributed by atoms with Crippen molar-refractivity contribution < 1.29 is 27.5 Å². The number of piperazine rings is 1. The van der Waals surface area contributed by atoms with Gasteiger partial charge in [0.15, 0.2) is 6.17 Å². The Morgan fingerprint density at radius 2 is 1.83 bits per heavy atom. The molecule has 8 nitrogen and oxygen atoms in total. The third kappa shape index (κ3) is 5.48. The number of aryl methyl sites for hydroxylation is 1. The van der Waals surface area contributed by atoms with Crippen molar-refractivity contribution in [2.75, 3.05) is 39.8 Å². The van der Waals surface area contributed by atoms with E-state index in [-0.39, 0.29) is 24.4 Å². The van der Waals surface area contributed by atoms with Crippen LogP contribution < -0.4 is 10.2 Å². The van der Waals surface area contributed by atoms with Crippen molar-refractivity contribution >= 4 is 11.8 Å². The largest absolute Gasteiger partial charge is 0.573 e. The zero-order valence-electron chi connectivity index (χ0n) is 20.1. The number of carbonyl (C=O) groups excluding carboxylic acids is 1. The number of alkyl halides is 3. The van der Waals surface area contributed by atoms with Gasteiger partial charge >= 0.3 is 6.36 Å². The molecular weight excluding hydrogens is 475 g/mol. The van der Waals surface area contributed by atoms with Gasteiger partial charge in [0.25, 0.3) is 5.91 Å². The first kappa shape index (κ1) is 24.5. The molecular formula is C25H28F3N5O3. The first-order valence-corrected chi connectivity index (χ1v) is 11.8. The molecule has 3 heterocycles. The fourth-order valence-corrected chi connectivity index (χ4v) is 4.79. The Balaban J connectivity index is 1.25. The maximum Gasteiger partial charge on any atom is 0.573 e. The summed E-state index contributed by atoms with van der Waals surface area (Å²) in [7, 11) is 2.11. The molecule has 0 bridgehead atoms. The van der Waals surface area contributed by atoms with E-state index in [9.17, 15) is 18.0 Å². The van der Waals surface area contributed by atoms with Gasteiger partial charge in [0, 0.05) is 44.8 Å². The minimum Gasteiger partial charge on any atom is -0.406 e. The Kier molecular flexibility index (Phi) is 6.62. The predicted octanol–water partition coefficient (Wildman–Crippen LogP) is 3.23. The fraction of sp³-hybridized carbons (Fsp3) is 0.440. The van der Waals surface area contributed by atoms with Gasteiger partial charge in [-0.25, -0.2) is 4.99 Å². The molecule has 1 N–H and O–H groups in total. The van der Waals surface area contributed by atoms with Gasteiger partial charge in [0.2, 0.25) is 5.90 Å².